The zero-order valence-corrected chi connectivity index (χ0v) is 9.50. The van der Waals surface area contributed by atoms with Crippen LogP contribution in [0.4, 0.5) is 0 Å². The summed E-state index contributed by atoms with van der Waals surface area (Å²) in [5.41, 5.74) is 0.465. The topological polar surface area (TPSA) is 72.6 Å². The van der Waals surface area contributed by atoms with Crippen LogP contribution in [-0.2, 0) is 9.59 Å². The number of hydrogen-bond acceptors (Lipinski definition) is 3. The molecule has 6 nitrogen and oxygen atoms in total. The highest BCUT2D eigenvalue weighted by atomic mass is 16.2. The first-order valence-electron chi connectivity index (χ1n) is 5.69. The van der Waals surface area contributed by atoms with Gasteiger partial charge < -0.3 is 0 Å². The standard InChI is InChI=1S/C12H11N3O3/c16-10-5-4-9(11(17)13-10)15-7-8-3-1-2-6-14(8)12(15)18/h1-3,6-7,9H,4-5H2,(H,13,16,17). The van der Waals surface area contributed by atoms with Crippen molar-refractivity contribution in [2.75, 3.05) is 0 Å². The van der Waals surface area contributed by atoms with Gasteiger partial charge in [0.1, 0.15) is 6.04 Å². The Labute approximate surface area is 102 Å². The van der Waals surface area contributed by atoms with Crippen LogP contribution < -0.4 is 11.0 Å². The molecule has 1 fully saturated rings. The molecule has 92 valence electrons. The lowest BCUT2D eigenvalue weighted by molar-refractivity contribution is -0.135. The number of pyridine rings is 1. The first-order valence-corrected chi connectivity index (χ1v) is 5.69. The van der Waals surface area contributed by atoms with Crippen LogP contribution in [0.2, 0.25) is 0 Å². The van der Waals surface area contributed by atoms with E-state index < -0.39 is 11.9 Å². The smallest absolute Gasteiger partial charge is 0.295 e. The molecule has 6 heteroatoms. The van der Waals surface area contributed by atoms with Crippen molar-refractivity contribution in [2.45, 2.75) is 18.9 Å². The molecule has 3 rings (SSSR count). The number of imidazole rings is 1. The molecule has 1 aliphatic rings. The molecule has 1 saturated heterocycles. The third-order valence-corrected chi connectivity index (χ3v) is 3.14. The molecule has 0 saturated carbocycles. The van der Waals surface area contributed by atoms with Gasteiger partial charge in [0.05, 0.1) is 5.52 Å². The molecule has 0 bridgehead atoms. The van der Waals surface area contributed by atoms with Crippen molar-refractivity contribution < 1.29 is 9.59 Å². The fourth-order valence-electron chi connectivity index (χ4n) is 2.23. The molecule has 0 spiro atoms. The Balaban J connectivity index is 2.09. The lowest BCUT2D eigenvalue weighted by Gasteiger charge is -2.20. The molecule has 0 radical (unpaired) electrons. The van der Waals surface area contributed by atoms with Crippen molar-refractivity contribution >= 4 is 17.3 Å². The molecule has 2 amide bonds. The normalized spacial score (nSPS) is 20.1. The maximum Gasteiger partial charge on any atom is 0.333 e. The summed E-state index contributed by atoms with van der Waals surface area (Å²) in [4.78, 5) is 34.9. The first-order chi connectivity index (χ1) is 8.66. The molecule has 1 aliphatic heterocycles. The number of nitrogens with one attached hydrogen (secondary N) is 1. The lowest BCUT2D eigenvalue weighted by Crippen LogP contribution is -2.44. The van der Waals surface area contributed by atoms with Crippen molar-refractivity contribution in [1.82, 2.24) is 14.3 Å². The molecule has 1 atom stereocenters. The number of carbonyl (C=O) groups is 2. The van der Waals surface area contributed by atoms with Crippen LogP contribution in [-0.4, -0.2) is 20.8 Å². The largest absolute Gasteiger partial charge is 0.333 e. The molecule has 0 aliphatic carbocycles. The Bertz CT molecular complexity index is 698. The summed E-state index contributed by atoms with van der Waals surface area (Å²) in [5, 5.41) is 2.25. The fraction of sp³-hybridized carbons (Fsp3) is 0.250. The molecule has 0 aromatic carbocycles. The maximum atomic E-state index is 12.1. The van der Waals surface area contributed by atoms with Crippen LogP contribution in [0.15, 0.2) is 35.4 Å². The Morgan fingerprint density at radius 3 is 2.78 bits per heavy atom. The van der Waals surface area contributed by atoms with E-state index in [4.69, 9.17) is 0 Å². The highest BCUT2D eigenvalue weighted by Crippen LogP contribution is 2.17. The van der Waals surface area contributed by atoms with Gasteiger partial charge in [-0.25, -0.2) is 4.79 Å². The van der Waals surface area contributed by atoms with Gasteiger partial charge in [0.2, 0.25) is 11.8 Å². The molecular weight excluding hydrogens is 234 g/mol. The van der Waals surface area contributed by atoms with Crippen molar-refractivity contribution in [1.29, 1.82) is 0 Å². The summed E-state index contributed by atoms with van der Waals surface area (Å²) in [6.45, 7) is 0. The minimum absolute atomic E-state index is 0.259. The predicted octanol–water partition coefficient (Wildman–Crippen LogP) is 0.0787. The van der Waals surface area contributed by atoms with E-state index in [2.05, 4.69) is 5.32 Å². The second kappa shape index (κ2) is 3.83. The molecular formula is C12H11N3O3. The number of fused-ring (bicyclic) bond motifs is 1. The highest BCUT2D eigenvalue weighted by molar-refractivity contribution is 5.99. The number of amides is 2. The Morgan fingerprint density at radius 2 is 2.06 bits per heavy atom. The van der Waals surface area contributed by atoms with Crippen LogP contribution in [0.3, 0.4) is 0 Å². The van der Waals surface area contributed by atoms with Gasteiger partial charge in [0.25, 0.3) is 0 Å². The fourth-order valence-corrected chi connectivity index (χ4v) is 2.23. The van der Waals surface area contributed by atoms with E-state index in [0.717, 1.165) is 5.52 Å². The maximum absolute atomic E-state index is 12.1. The SMILES string of the molecule is O=C1CCC(n2cc3ccccn3c2=O)C(=O)N1. The average Bonchev–Trinajstić information content (AvgIpc) is 2.68. The van der Waals surface area contributed by atoms with Crippen LogP contribution in [0.25, 0.3) is 5.52 Å². The summed E-state index contributed by atoms with van der Waals surface area (Å²) in [6.07, 6.45) is 3.92. The van der Waals surface area contributed by atoms with Gasteiger partial charge in [0, 0.05) is 18.8 Å². The lowest BCUT2D eigenvalue weighted by atomic mass is 10.1. The van der Waals surface area contributed by atoms with Gasteiger partial charge in [-0.2, -0.15) is 0 Å². The second-order valence-electron chi connectivity index (χ2n) is 4.28. The van der Waals surface area contributed by atoms with E-state index in [-0.39, 0.29) is 18.0 Å². The minimum atomic E-state index is -0.602. The zero-order chi connectivity index (χ0) is 12.7. The van der Waals surface area contributed by atoms with Crippen molar-refractivity contribution in [2.24, 2.45) is 0 Å². The number of nitrogens with zero attached hydrogens (tertiary/aromatic N) is 2. The molecule has 1 unspecified atom stereocenters. The second-order valence-corrected chi connectivity index (χ2v) is 4.28. The molecule has 18 heavy (non-hydrogen) atoms. The highest BCUT2D eigenvalue weighted by Gasteiger charge is 2.29. The summed E-state index contributed by atoms with van der Waals surface area (Å²) >= 11 is 0. The van der Waals surface area contributed by atoms with Crippen LogP contribution in [0.1, 0.15) is 18.9 Å². The zero-order valence-electron chi connectivity index (χ0n) is 9.50. The van der Waals surface area contributed by atoms with Gasteiger partial charge in [0.15, 0.2) is 0 Å². The number of hydrogen-bond donors (Lipinski definition) is 1. The monoisotopic (exact) mass is 245 g/mol. The summed E-state index contributed by atoms with van der Waals surface area (Å²) in [7, 11) is 0. The Kier molecular flexibility index (Phi) is 2.29. The molecule has 1 N–H and O–H groups in total. The van der Waals surface area contributed by atoms with Crippen LogP contribution >= 0.6 is 0 Å². The number of carbonyl (C=O) groups excluding carboxylic acids is 2. The summed E-state index contributed by atoms with van der Waals surface area (Å²) in [5.74, 6) is -0.697. The number of imide groups is 1. The van der Waals surface area contributed by atoms with Crippen LogP contribution in [0, 0.1) is 0 Å². The average molecular weight is 245 g/mol. The van der Waals surface area contributed by atoms with Crippen LogP contribution in [0.5, 0.6) is 0 Å². The predicted molar refractivity (Wildman–Crippen MR) is 63.1 cm³/mol. The third kappa shape index (κ3) is 1.54. The van der Waals surface area contributed by atoms with Gasteiger partial charge in [-0.05, 0) is 18.6 Å². The number of piperidine rings is 1. The third-order valence-electron chi connectivity index (χ3n) is 3.14. The van der Waals surface area contributed by atoms with E-state index in [0.29, 0.717) is 6.42 Å². The van der Waals surface area contributed by atoms with Gasteiger partial charge in [-0.3, -0.25) is 23.9 Å². The van der Waals surface area contributed by atoms with E-state index >= 15 is 0 Å². The summed E-state index contributed by atoms with van der Waals surface area (Å²) < 4.78 is 2.86. The Morgan fingerprint density at radius 1 is 1.22 bits per heavy atom. The minimum Gasteiger partial charge on any atom is -0.295 e. The summed E-state index contributed by atoms with van der Waals surface area (Å²) in [6, 6.07) is 4.77. The number of rotatable bonds is 1. The van der Waals surface area contributed by atoms with Crippen molar-refractivity contribution in [3.63, 3.8) is 0 Å². The van der Waals surface area contributed by atoms with E-state index in [1.807, 2.05) is 6.07 Å². The van der Waals surface area contributed by atoms with E-state index in [1.165, 1.54) is 8.97 Å². The number of aromatic nitrogens is 2. The van der Waals surface area contributed by atoms with Gasteiger partial charge in [-0.15, -0.1) is 0 Å². The molecule has 2 aromatic rings. The Hall–Kier alpha value is -2.37. The quantitative estimate of drug-likeness (QED) is 0.723. The molecule has 2 aromatic heterocycles. The molecule has 3 heterocycles. The van der Waals surface area contributed by atoms with Gasteiger partial charge in [-0.1, -0.05) is 6.07 Å². The van der Waals surface area contributed by atoms with E-state index in [9.17, 15) is 14.4 Å². The first kappa shape index (κ1) is 10.8. The van der Waals surface area contributed by atoms with Crippen molar-refractivity contribution in [3.05, 3.63) is 41.1 Å². The van der Waals surface area contributed by atoms with Crippen molar-refractivity contribution in [3.8, 4) is 0 Å². The van der Waals surface area contributed by atoms with Gasteiger partial charge >= 0.3 is 5.69 Å². The van der Waals surface area contributed by atoms with E-state index in [1.54, 1.807) is 24.5 Å².